The molecule has 8 nitrogen and oxygen atoms in total. The highest BCUT2D eigenvalue weighted by Crippen LogP contribution is 2.26. The van der Waals surface area contributed by atoms with Crippen LogP contribution >= 0.6 is 11.3 Å². The molecule has 0 saturated carbocycles. The lowest BCUT2D eigenvalue weighted by molar-refractivity contribution is 0.0954. The second kappa shape index (κ2) is 9.13. The van der Waals surface area contributed by atoms with Gasteiger partial charge >= 0.3 is 6.03 Å². The van der Waals surface area contributed by atoms with Crippen molar-refractivity contribution in [2.24, 2.45) is 0 Å². The van der Waals surface area contributed by atoms with E-state index in [0.29, 0.717) is 30.3 Å². The molecule has 4 rings (SSSR count). The molecule has 3 aromatic rings. The van der Waals surface area contributed by atoms with E-state index in [1.165, 1.54) is 23.6 Å². The lowest BCUT2D eigenvalue weighted by Crippen LogP contribution is -2.55. The van der Waals surface area contributed by atoms with E-state index in [1.54, 1.807) is 4.90 Å². The van der Waals surface area contributed by atoms with E-state index in [2.05, 4.69) is 15.3 Å². The van der Waals surface area contributed by atoms with Crippen LogP contribution in [0.1, 0.15) is 12.5 Å². The number of aliphatic hydroxyl groups is 2. The van der Waals surface area contributed by atoms with E-state index in [-0.39, 0.29) is 30.9 Å². The Labute approximate surface area is 183 Å². The summed E-state index contributed by atoms with van der Waals surface area (Å²) in [4.78, 5) is 25.0. The highest BCUT2D eigenvalue weighted by Gasteiger charge is 2.30. The number of fused-ring (bicyclic) bond motifs is 1. The monoisotopic (exact) mass is 445 g/mol. The number of piperazine rings is 1. The standard InChI is InChI=1S/C21H24FN5O3S/c1-13-11-26(19-16(22)9-14(10-23-19)8-15(29)12-28)6-7-27(13)21(30)25-20-24-17-4-2-3-5-18(17)31-20/h2-5,9-10,13,15,28-29H,6-8,11-12H2,1H3,(H,24,25,30)/t13-,15-/m0/s1. The van der Waals surface area contributed by atoms with E-state index in [1.807, 2.05) is 36.1 Å². The first-order chi connectivity index (χ1) is 14.9. The average Bonchev–Trinajstić information content (AvgIpc) is 3.15. The SMILES string of the molecule is C[C@H]1CN(c2ncc(C[C@H](O)CO)cc2F)CCN1C(=O)Nc1nc2ccccc2s1. The summed E-state index contributed by atoms with van der Waals surface area (Å²) < 4.78 is 15.6. The van der Waals surface area contributed by atoms with Crippen molar-refractivity contribution in [2.75, 3.05) is 36.5 Å². The van der Waals surface area contributed by atoms with Crippen molar-refractivity contribution in [2.45, 2.75) is 25.5 Å². The van der Waals surface area contributed by atoms with Crippen LogP contribution in [0.2, 0.25) is 0 Å². The molecule has 164 valence electrons. The molecule has 10 heteroatoms. The molecule has 0 bridgehead atoms. The van der Waals surface area contributed by atoms with Gasteiger partial charge in [0.25, 0.3) is 0 Å². The number of nitrogens with one attached hydrogen (secondary N) is 1. The number of thiazole rings is 1. The van der Waals surface area contributed by atoms with E-state index in [0.717, 1.165) is 10.2 Å². The Morgan fingerprint density at radius 1 is 1.39 bits per heavy atom. The Kier molecular flexibility index (Phi) is 6.30. The number of carbonyl (C=O) groups is 1. The van der Waals surface area contributed by atoms with Crippen molar-refractivity contribution in [1.29, 1.82) is 0 Å². The highest BCUT2D eigenvalue weighted by molar-refractivity contribution is 7.22. The van der Waals surface area contributed by atoms with Gasteiger partial charge in [-0.05, 0) is 30.7 Å². The second-order valence-corrected chi connectivity index (χ2v) is 8.63. The second-order valence-electron chi connectivity index (χ2n) is 7.59. The summed E-state index contributed by atoms with van der Waals surface area (Å²) in [7, 11) is 0. The lowest BCUT2D eigenvalue weighted by atomic mass is 10.1. The van der Waals surface area contributed by atoms with E-state index < -0.39 is 11.9 Å². The number of benzene rings is 1. The van der Waals surface area contributed by atoms with Crippen molar-refractivity contribution < 1.29 is 19.4 Å². The van der Waals surface area contributed by atoms with Crippen LogP contribution in [-0.2, 0) is 6.42 Å². The number of urea groups is 1. The van der Waals surface area contributed by atoms with Crippen molar-refractivity contribution >= 4 is 38.5 Å². The predicted octanol–water partition coefficient (Wildman–Crippen LogP) is 2.47. The molecule has 1 aromatic carbocycles. The van der Waals surface area contributed by atoms with Crippen molar-refractivity contribution in [1.82, 2.24) is 14.9 Å². The first-order valence-electron chi connectivity index (χ1n) is 10.1. The third-order valence-corrected chi connectivity index (χ3v) is 6.21. The molecular formula is C21H24FN5O3S. The van der Waals surface area contributed by atoms with Crippen LogP contribution in [0.3, 0.4) is 0 Å². The lowest BCUT2D eigenvalue weighted by Gasteiger charge is -2.40. The summed E-state index contributed by atoms with van der Waals surface area (Å²) in [5.41, 5.74) is 1.36. The summed E-state index contributed by atoms with van der Waals surface area (Å²) in [6.07, 6.45) is 0.704. The molecule has 0 radical (unpaired) electrons. The summed E-state index contributed by atoms with van der Waals surface area (Å²) in [6.45, 7) is 2.83. The van der Waals surface area contributed by atoms with Crippen molar-refractivity contribution in [3.8, 4) is 0 Å². The Balaban J connectivity index is 1.39. The van der Waals surface area contributed by atoms with E-state index in [4.69, 9.17) is 5.11 Å². The van der Waals surface area contributed by atoms with Crippen LogP contribution in [-0.4, -0.2) is 69.5 Å². The molecule has 3 N–H and O–H groups in total. The van der Waals surface area contributed by atoms with Crippen LogP contribution in [0.15, 0.2) is 36.5 Å². The minimum atomic E-state index is -0.940. The number of para-hydroxylation sites is 1. The number of halogens is 1. The maximum atomic E-state index is 14.6. The molecule has 1 fully saturated rings. The van der Waals surface area contributed by atoms with Gasteiger partial charge in [0.2, 0.25) is 0 Å². The molecule has 3 heterocycles. The van der Waals surface area contributed by atoms with Crippen LogP contribution < -0.4 is 10.2 Å². The number of pyridine rings is 1. The molecule has 31 heavy (non-hydrogen) atoms. The maximum Gasteiger partial charge on any atom is 0.324 e. The van der Waals surface area contributed by atoms with E-state index >= 15 is 0 Å². The molecule has 0 spiro atoms. The van der Waals surface area contributed by atoms with Gasteiger partial charge in [0.1, 0.15) is 0 Å². The Hall–Kier alpha value is -2.82. The first-order valence-corrected chi connectivity index (χ1v) is 10.9. The van der Waals surface area contributed by atoms with Gasteiger partial charge in [-0.25, -0.2) is 19.2 Å². The molecule has 2 amide bonds. The minimum absolute atomic E-state index is 0.136. The highest BCUT2D eigenvalue weighted by atomic mass is 32.1. The molecule has 1 aliphatic heterocycles. The van der Waals surface area contributed by atoms with Gasteiger partial charge in [-0.15, -0.1) is 0 Å². The molecule has 1 saturated heterocycles. The van der Waals surface area contributed by atoms with Crippen LogP contribution in [0.5, 0.6) is 0 Å². The average molecular weight is 446 g/mol. The number of carbonyl (C=O) groups excluding carboxylic acids is 1. The third kappa shape index (κ3) is 4.76. The number of aliphatic hydroxyl groups excluding tert-OH is 2. The van der Waals surface area contributed by atoms with Crippen molar-refractivity contribution in [3.05, 3.63) is 47.9 Å². The summed E-state index contributed by atoms with van der Waals surface area (Å²) in [6, 6.07) is 8.65. The zero-order valence-electron chi connectivity index (χ0n) is 17.0. The minimum Gasteiger partial charge on any atom is -0.394 e. The Morgan fingerprint density at radius 2 is 2.19 bits per heavy atom. The largest absolute Gasteiger partial charge is 0.394 e. The number of hydrogen-bond donors (Lipinski definition) is 3. The fourth-order valence-electron chi connectivity index (χ4n) is 3.69. The zero-order chi connectivity index (χ0) is 22.0. The van der Waals surface area contributed by atoms with Crippen LogP contribution in [0, 0.1) is 5.82 Å². The fourth-order valence-corrected chi connectivity index (χ4v) is 4.55. The normalized spacial score (nSPS) is 17.7. The number of nitrogens with zero attached hydrogens (tertiary/aromatic N) is 4. The summed E-state index contributed by atoms with van der Waals surface area (Å²) >= 11 is 1.42. The Morgan fingerprint density at radius 3 is 2.90 bits per heavy atom. The molecule has 1 aliphatic rings. The van der Waals surface area contributed by atoms with Gasteiger partial charge in [0.05, 0.1) is 22.9 Å². The number of anilines is 2. The maximum absolute atomic E-state index is 14.6. The molecule has 2 aromatic heterocycles. The van der Waals surface area contributed by atoms with Gasteiger partial charge in [-0.3, -0.25) is 5.32 Å². The van der Waals surface area contributed by atoms with Gasteiger partial charge < -0.3 is 20.0 Å². The number of hydrogen-bond acceptors (Lipinski definition) is 7. The molecular weight excluding hydrogens is 421 g/mol. The molecule has 2 atom stereocenters. The van der Waals surface area contributed by atoms with Gasteiger partial charge in [-0.2, -0.15) is 0 Å². The van der Waals surface area contributed by atoms with Crippen LogP contribution in [0.25, 0.3) is 10.2 Å². The van der Waals surface area contributed by atoms with E-state index in [9.17, 15) is 14.3 Å². The third-order valence-electron chi connectivity index (χ3n) is 5.26. The zero-order valence-corrected chi connectivity index (χ0v) is 17.8. The Bertz CT molecular complexity index is 1050. The quantitative estimate of drug-likeness (QED) is 0.558. The van der Waals surface area contributed by atoms with Gasteiger partial charge in [0.15, 0.2) is 16.8 Å². The number of aromatic nitrogens is 2. The summed E-state index contributed by atoms with van der Waals surface area (Å²) in [5.74, 6) is -0.262. The van der Waals surface area contributed by atoms with Gasteiger partial charge in [0, 0.05) is 38.3 Å². The number of rotatable bonds is 5. The first kappa shape index (κ1) is 21.4. The van der Waals surface area contributed by atoms with Gasteiger partial charge in [-0.1, -0.05) is 23.5 Å². The smallest absolute Gasteiger partial charge is 0.324 e. The molecule has 0 unspecified atom stereocenters. The number of amides is 2. The summed E-state index contributed by atoms with van der Waals surface area (Å²) in [5, 5.41) is 21.9. The topological polar surface area (TPSA) is 102 Å². The predicted molar refractivity (Wildman–Crippen MR) is 118 cm³/mol. The van der Waals surface area contributed by atoms with Crippen LogP contribution in [0.4, 0.5) is 20.1 Å². The molecule has 0 aliphatic carbocycles. The fraction of sp³-hybridized carbons (Fsp3) is 0.381. The van der Waals surface area contributed by atoms with Crippen molar-refractivity contribution in [3.63, 3.8) is 0 Å².